The number of allylic oxidation sites excluding steroid dienone is 1. The van der Waals surface area contributed by atoms with Gasteiger partial charge in [0.25, 0.3) is 5.56 Å². The quantitative estimate of drug-likeness (QED) is 0.345. The van der Waals surface area contributed by atoms with Crippen molar-refractivity contribution in [2.24, 2.45) is 4.99 Å². The highest BCUT2D eigenvalue weighted by Crippen LogP contribution is 2.32. The Kier molecular flexibility index (Phi) is 7.40. The summed E-state index contributed by atoms with van der Waals surface area (Å²) < 4.78 is 23.4. The van der Waals surface area contributed by atoms with Crippen molar-refractivity contribution in [3.05, 3.63) is 97.2 Å². The number of methoxy groups -OCH3 is 3. The van der Waals surface area contributed by atoms with E-state index in [4.69, 9.17) is 18.9 Å². The first kappa shape index (κ1) is 25.0. The standard InChI is InChI=1S/C27H26N2O6S/c1-6-13-35-26(31)23-16(2)28-27-29(24(23)17-7-9-19(32-3)10-8-17)25(30)22(36-27)15-18-14-20(33-4)11-12-21(18)34-5/h6-12,14-15,24H,1,13H2,2-5H3. The Hall–Kier alpha value is -4.11. The Bertz CT molecular complexity index is 1520. The van der Waals surface area contributed by atoms with E-state index in [0.29, 0.717) is 43.4 Å². The van der Waals surface area contributed by atoms with Gasteiger partial charge in [-0.05, 0) is 48.9 Å². The normalized spacial score (nSPS) is 15.1. The minimum Gasteiger partial charge on any atom is -0.497 e. The number of benzene rings is 2. The van der Waals surface area contributed by atoms with Gasteiger partial charge in [-0.25, -0.2) is 9.79 Å². The van der Waals surface area contributed by atoms with E-state index >= 15 is 0 Å². The summed E-state index contributed by atoms with van der Waals surface area (Å²) in [6.07, 6.45) is 3.23. The van der Waals surface area contributed by atoms with Crippen LogP contribution < -0.4 is 29.1 Å². The molecular formula is C27H26N2O6S. The van der Waals surface area contributed by atoms with E-state index in [1.54, 1.807) is 64.7 Å². The topological polar surface area (TPSA) is 88.4 Å². The third-order valence-corrected chi connectivity index (χ3v) is 6.71. The summed E-state index contributed by atoms with van der Waals surface area (Å²) in [5, 5.41) is 0. The van der Waals surface area contributed by atoms with Crippen LogP contribution in [0, 0.1) is 0 Å². The van der Waals surface area contributed by atoms with Crippen LogP contribution in [0.3, 0.4) is 0 Å². The Balaban J connectivity index is 1.94. The number of fused-ring (bicyclic) bond motifs is 1. The minimum atomic E-state index is -0.723. The molecule has 0 amide bonds. The molecule has 0 aliphatic carbocycles. The maximum Gasteiger partial charge on any atom is 0.338 e. The van der Waals surface area contributed by atoms with Gasteiger partial charge >= 0.3 is 5.97 Å². The van der Waals surface area contributed by atoms with Crippen LogP contribution in [0.4, 0.5) is 0 Å². The highest BCUT2D eigenvalue weighted by atomic mass is 32.1. The molecule has 1 aromatic heterocycles. The minimum absolute atomic E-state index is 0.0466. The number of esters is 1. The molecule has 3 aromatic rings. The summed E-state index contributed by atoms with van der Waals surface area (Å²) in [7, 11) is 4.71. The van der Waals surface area contributed by atoms with Gasteiger partial charge in [-0.15, -0.1) is 0 Å². The molecule has 8 nitrogen and oxygen atoms in total. The molecule has 0 N–H and O–H groups in total. The lowest BCUT2D eigenvalue weighted by molar-refractivity contribution is -0.138. The number of nitrogens with zero attached hydrogens (tertiary/aromatic N) is 2. The fourth-order valence-corrected chi connectivity index (χ4v) is 5.03. The average molecular weight is 507 g/mol. The third-order valence-electron chi connectivity index (χ3n) is 5.73. The Morgan fingerprint density at radius 3 is 2.42 bits per heavy atom. The van der Waals surface area contributed by atoms with Crippen molar-refractivity contribution < 1.29 is 23.7 Å². The maximum atomic E-state index is 13.8. The second kappa shape index (κ2) is 10.7. The molecule has 1 aliphatic rings. The first-order valence-corrected chi connectivity index (χ1v) is 11.9. The van der Waals surface area contributed by atoms with Crippen LogP contribution in [0.1, 0.15) is 24.1 Å². The fraction of sp³-hybridized carbons (Fsp3) is 0.222. The van der Waals surface area contributed by atoms with Crippen LogP contribution in [0.5, 0.6) is 17.2 Å². The summed E-state index contributed by atoms with van der Waals surface area (Å²) in [4.78, 5) is 31.9. The van der Waals surface area contributed by atoms with Crippen LogP contribution in [-0.2, 0) is 9.53 Å². The van der Waals surface area contributed by atoms with Crippen LogP contribution >= 0.6 is 11.3 Å². The summed E-state index contributed by atoms with van der Waals surface area (Å²) >= 11 is 1.24. The number of carbonyl (C=O) groups excluding carboxylic acids is 1. The molecule has 1 atom stereocenters. The zero-order valence-electron chi connectivity index (χ0n) is 20.4. The molecule has 1 aliphatic heterocycles. The van der Waals surface area contributed by atoms with Crippen LogP contribution in [0.15, 0.2) is 76.2 Å². The van der Waals surface area contributed by atoms with Gasteiger partial charge in [0.05, 0.1) is 43.2 Å². The average Bonchev–Trinajstić information content (AvgIpc) is 3.20. The number of aromatic nitrogens is 1. The Morgan fingerprint density at radius 2 is 1.78 bits per heavy atom. The molecule has 186 valence electrons. The van der Waals surface area contributed by atoms with Gasteiger partial charge in [-0.3, -0.25) is 9.36 Å². The van der Waals surface area contributed by atoms with E-state index < -0.39 is 12.0 Å². The SMILES string of the molecule is C=CCOC(=O)C1=C(C)N=c2sc(=Cc3cc(OC)ccc3OC)c(=O)n2C1c1ccc(OC)cc1. The number of ether oxygens (including phenoxy) is 4. The zero-order chi connectivity index (χ0) is 25.8. The van der Waals surface area contributed by atoms with E-state index in [1.807, 2.05) is 12.1 Å². The van der Waals surface area contributed by atoms with Crippen molar-refractivity contribution >= 4 is 23.4 Å². The molecule has 0 spiro atoms. The smallest absolute Gasteiger partial charge is 0.338 e. The van der Waals surface area contributed by atoms with Crippen LogP contribution in [-0.4, -0.2) is 38.5 Å². The Morgan fingerprint density at radius 1 is 1.08 bits per heavy atom. The van der Waals surface area contributed by atoms with Crippen molar-refractivity contribution in [1.29, 1.82) is 0 Å². The lowest BCUT2D eigenvalue weighted by Gasteiger charge is -2.24. The molecule has 4 rings (SSSR count). The summed E-state index contributed by atoms with van der Waals surface area (Å²) in [6.45, 7) is 5.39. The van der Waals surface area contributed by atoms with Crippen LogP contribution in [0.2, 0.25) is 0 Å². The predicted molar refractivity (Wildman–Crippen MR) is 137 cm³/mol. The summed E-state index contributed by atoms with van der Waals surface area (Å²) in [5.41, 5.74) is 1.90. The van der Waals surface area contributed by atoms with Gasteiger partial charge in [0.15, 0.2) is 4.80 Å². The third kappa shape index (κ3) is 4.70. The molecule has 0 fully saturated rings. The molecule has 2 aromatic carbocycles. The van der Waals surface area contributed by atoms with Gasteiger partial charge in [0, 0.05) is 5.56 Å². The summed E-state index contributed by atoms with van der Waals surface area (Å²) in [6, 6.07) is 11.9. The largest absolute Gasteiger partial charge is 0.497 e. The predicted octanol–water partition coefficient (Wildman–Crippen LogP) is 2.99. The molecule has 9 heteroatoms. The highest BCUT2D eigenvalue weighted by molar-refractivity contribution is 7.07. The Labute approximate surface area is 212 Å². The first-order chi connectivity index (χ1) is 17.4. The second-order valence-corrected chi connectivity index (χ2v) is 8.86. The number of thiazole rings is 1. The second-order valence-electron chi connectivity index (χ2n) is 7.85. The molecule has 36 heavy (non-hydrogen) atoms. The fourth-order valence-electron chi connectivity index (χ4n) is 3.99. The lowest BCUT2D eigenvalue weighted by atomic mass is 9.96. The van der Waals surface area contributed by atoms with Crippen molar-refractivity contribution in [2.75, 3.05) is 27.9 Å². The molecule has 0 bridgehead atoms. The van der Waals surface area contributed by atoms with E-state index in [-0.39, 0.29) is 12.2 Å². The number of hydrogen-bond donors (Lipinski definition) is 0. The zero-order valence-corrected chi connectivity index (χ0v) is 21.3. The van der Waals surface area contributed by atoms with Crippen molar-refractivity contribution in [3.63, 3.8) is 0 Å². The van der Waals surface area contributed by atoms with E-state index in [9.17, 15) is 9.59 Å². The molecule has 0 saturated carbocycles. The molecule has 1 unspecified atom stereocenters. The van der Waals surface area contributed by atoms with Crippen LogP contribution in [0.25, 0.3) is 6.08 Å². The van der Waals surface area contributed by atoms with Gasteiger partial charge in [-0.2, -0.15) is 0 Å². The van der Waals surface area contributed by atoms with Gasteiger partial charge in [0.2, 0.25) is 0 Å². The van der Waals surface area contributed by atoms with E-state index in [2.05, 4.69) is 11.6 Å². The van der Waals surface area contributed by atoms with E-state index in [0.717, 1.165) is 5.56 Å². The number of hydrogen-bond acceptors (Lipinski definition) is 8. The van der Waals surface area contributed by atoms with Crippen molar-refractivity contribution in [3.8, 4) is 17.2 Å². The number of carbonyl (C=O) groups is 1. The summed E-state index contributed by atoms with van der Waals surface area (Å²) in [5.74, 6) is 1.33. The highest BCUT2D eigenvalue weighted by Gasteiger charge is 2.33. The van der Waals surface area contributed by atoms with E-state index in [1.165, 1.54) is 22.0 Å². The van der Waals surface area contributed by atoms with Gasteiger partial charge in [-0.1, -0.05) is 36.1 Å². The molecule has 0 radical (unpaired) electrons. The van der Waals surface area contributed by atoms with Gasteiger partial charge in [0.1, 0.15) is 23.9 Å². The first-order valence-electron chi connectivity index (χ1n) is 11.1. The van der Waals surface area contributed by atoms with Crippen molar-refractivity contribution in [1.82, 2.24) is 4.57 Å². The maximum absolute atomic E-state index is 13.8. The monoisotopic (exact) mass is 506 g/mol. The molecule has 2 heterocycles. The number of rotatable bonds is 8. The van der Waals surface area contributed by atoms with Gasteiger partial charge < -0.3 is 18.9 Å². The van der Waals surface area contributed by atoms with Crippen molar-refractivity contribution in [2.45, 2.75) is 13.0 Å². The molecule has 0 saturated heterocycles. The lowest BCUT2D eigenvalue weighted by Crippen LogP contribution is -2.39. The molecular weight excluding hydrogens is 480 g/mol.